The molecule has 0 aromatic rings. The molecule has 2 N–H and O–H groups in total. The van der Waals surface area contributed by atoms with E-state index in [-0.39, 0.29) is 12.6 Å². The number of nitrogens with zero attached hydrogens (tertiary/aromatic N) is 1. The molecule has 0 radical (unpaired) electrons. The molecule has 104 valence electrons. The number of aliphatic carboxylic acids is 2. The molecule has 1 fully saturated rings. The van der Waals surface area contributed by atoms with Crippen LogP contribution in [0, 0.1) is 5.92 Å². The molecule has 0 bridgehead atoms. The van der Waals surface area contributed by atoms with Gasteiger partial charge in [-0.3, -0.25) is 14.5 Å². The van der Waals surface area contributed by atoms with Crippen molar-refractivity contribution in [1.82, 2.24) is 4.90 Å². The van der Waals surface area contributed by atoms with E-state index in [4.69, 9.17) is 10.2 Å². The Morgan fingerprint density at radius 1 is 1.17 bits per heavy atom. The molecule has 1 aliphatic rings. The fourth-order valence-electron chi connectivity index (χ4n) is 2.57. The molecule has 18 heavy (non-hydrogen) atoms. The number of hydrogen-bond acceptors (Lipinski definition) is 3. The maximum Gasteiger partial charge on any atom is 0.317 e. The van der Waals surface area contributed by atoms with Gasteiger partial charge < -0.3 is 10.2 Å². The molecule has 0 spiro atoms. The fourth-order valence-corrected chi connectivity index (χ4v) is 2.57. The molecule has 0 saturated heterocycles. The summed E-state index contributed by atoms with van der Waals surface area (Å²) in [4.78, 5) is 23.6. The molecule has 1 aliphatic carbocycles. The van der Waals surface area contributed by atoms with E-state index < -0.39 is 17.9 Å². The second-order valence-corrected chi connectivity index (χ2v) is 5.21. The third-order valence-electron chi connectivity index (χ3n) is 3.61. The zero-order chi connectivity index (χ0) is 13.5. The van der Waals surface area contributed by atoms with Crippen molar-refractivity contribution in [3.8, 4) is 0 Å². The van der Waals surface area contributed by atoms with Gasteiger partial charge in [0.15, 0.2) is 0 Å². The number of rotatable bonds is 6. The monoisotopic (exact) mass is 257 g/mol. The van der Waals surface area contributed by atoms with Gasteiger partial charge in [0.25, 0.3) is 0 Å². The zero-order valence-corrected chi connectivity index (χ0v) is 11.0. The SMILES string of the molecule is CC(CN(CC(=O)O)C1CCCCCC1)C(=O)O. The summed E-state index contributed by atoms with van der Waals surface area (Å²) in [6, 6.07) is 0.227. The van der Waals surface area contributed by atoms with Crippen molar-refractivity contribution in [3.63, 3.8) is 0 Å². The Hall–Kier alpha value is -1.10. The summed E-state index contributed by atoms with van der Waals surface area (Å²) in [6.45, 7) is 1.91. The summed E-state index contributed by atoms with van der Waals surface area (Å²) in [5, 5.41) is 17.9. The van der Waals surface area contributed by atoms with E-state index in [1.807, 2.05) is 4.90 Å². The highest BCUT2D eigenvalue weighted by molar-refractivity contribution is 5.71. The second-order valence-electron chi connectivity index (χ2n) is 5.21. The minimum atomic E-state index is -0.878. The first-order valence-electron chi connectivity index (χ1n) is 6.69. The molecule has 1 saturated carbocycles. The summed E-state index contributed by atoms with van der Waals surface area (Å²) in [5.74, 6) is -2.26. The standard InChI is InChI=1S/C13H23NO4/c1-10(13(17)18)8-14(9-12(15)16)11-6-4-2-3-5-7-11/h10-11H,2-9H2,1H3,(H,15,16)(H,17,18). The average molecular weight is 257 g/mol. The fraction of sp³-hybridized carbons (Fsp3) is 0.846. The van der Waals surface area contributed by atoms with Gasteiger partial charge in [0.2, 0.25) is 0 Å². The minimum absolute atomic E-state index is 0.0533. The molecule has 1 unspecified atom stereocenters. The maximum atomic E-state index is 10.9. The quantitative estimate of drug-likeness (QED) is 0.710. The Morgan fingerprint density at radius 3 is 2.17 bits per heavy atom. The first-order chi connectivity index (χ1) is 8.50. The van der Waals surface area contributed by atoms with Crippen molar-refractivity contribution in [1.29, 1.82) is 0 Å². The van der Waals surface area contributed by atoms with Gasteiger partial charge in [0.05, 0.1) is 12.5 Å². The summed E-state index contributed by atoms with van der Waals surface area (Å²) in [7, 11) is 0. The maximum absolute atomic E-state index is 10.9. The minimum Gasteiger partial charge on any atom is -0.481 e. The number of carboxylic acid groups (broad SMARTS) is 2. The number of hydrogen-bond donors (Lipinski definition) is 2. The van der Waals surface area contributed by atoms with E-state index in [2.05, 4.69) is 0 Å². The van der Waals surface area contributed by atoms with E-state index >= 15 is 0 Å². The highest BCUT2D eigenvalue weighted by atomic mass is 16.4. The summed E-state index contributed by atoms with van der Waals surface area (Å²) >= 11 is 0. The third kappa shape index (κ3) is 5.04. The van der Waals surface area contributed by atoms with Crippen LogP contribution in [0.25, 0.3) is 0 Å². The van der Waals surface area contributed by atoms with E-state index in [0.29, 0.717) is 6.54 Å². The largest absolute Gasteiger partial charge is 0.481 e. The molecule has 1 rings (SSSR count). The van der Waals surface area contributed by atoms with Crippen LogP contribution in [0.4, 0.5) is 0 Å². The molecule has 0 heterocycles. The van der Waals surface area contributed by atoms with Crippen molar-refractivity contribution in [2.75, 3.05) is 13.1 Å². The molecule has 0 aromatic carbocycles. The summed E-state index contributed by atoms with van der Waals surface area (Å²) < 4.78 is 0. The van der Waals surface area contributed by atoms with Crippen molar-refractivity contribution in [2.24, 2.45) is 5.92 Å². The van der Waals surface area contributed by atoms with Crippen LogP contribution < -0.4 is 0 Å². The van der Waals surface area contributed by atoms with Crippen LogP contribution >= 0.6 is 0 Å². The molecule has 0 aliphatic heterocycles. The molecule has 5 nitrogen and oxygen atoms in total. The molecular formula is C13H23NO4. The van der Waals surface area contributed by atoms with Crippen molar-refractivity contribution < 1.29 is 19.8 Å². The van der Waals surface area contributed by atoms with Gasteiger partial charge in [-0.15, -0.1) is 0 Å². The predicted octanol–water partition coefficient (Wildman–Crippen LogP) is 1.82. The molecule has 0 amide bonds. The van der Waals surface area contributed by atoms with Gasteiger partial charge in [-0.25, -0.2) is 0 Å². The van der Waals surface area contributed by atoms with Gasteiger partial charge in [-0.1, -0.05) is 32.6 Å². The van der Waals surface area contributed by atoms with Gasteiger partial charge in [-0.2, -0.15) is 0 Å². The summed E-state index contributed by atoms with van der Waals surface area (Å²) in [6.07, 6.45) is 6.60. The second kappa shape index (κ2) is 7.36. The lowest BCUT2D eigenvalue weighted by Gasteiger charge is -2.30. The Balaban J connectivity index is 2.63. The topological polar surface area (TPSA) is 77.8 Å². The molecule has 1 atom stereocenters. The molecule has 5 heteroatoms. The Morgan fingerprint density at radius 2 is 1.72 bits per heavy atom. The zero-order valence-electron chi connectivity index (χ0n) is 11.0. The highest BCUT2D eigenvalue weighted by Crippen LogP contribution is 2.22. The van der Waals surface area contributed by atoms with Crippen molar-refractivity contribution >= 4 is 11.9 Å². The number of carbonyl (C=O) groups is 2. The third-order valence-corrected chi connectivity index (χ3v) is 3.61. The summed E-state index contributed by atoms with van der Waals surface area (Å²) in [5.41, 5.74) is 0. The Labute approximate surface area is 108 Å². The van der Waals surface area contributed by atoms with Gasteiger partial charge in [-0.05, 0) is 12.8 Å². The van der Waals surface area contributed by atoms with E-state index in [1.165, 1.54) is 12.8 Å². The van der Waals surface area contributed by atoms with Crippen LogP contribution in [0.1, 0.15) is 45.4 Å². The van der Waals surface area contributed by atoms with E-state index in [1.54, 1.807) is 6.92 Å². The number of carboxylic acids is 2. The van der Waals surface area contributed by atoms with E-state index in [9.17, 15) is 9.59 Å². The molecular weight excluding hydrogens is 234 g/mol. The van der Waals surface area contributed by atoms with Gasteiger partial charge >= 0.3 is 11.9 Å². The smallest absolute Gasteiger partial charge is 0.317 e. The lowest BCUT2D eigenvalue weighted by molar-refractivity contribution is -0.144. The van der Waals surface area contributed by atoms with Crippen LogP contribution in [-0.2, 0) is 9.59 Å². The normalized spacial score (nSPS) is 19.4. The predicted molar refractivity (Wildman–Crippen MR) is 67.5 cm³/mol. The Kier molecular flexibility index (Phi) is 6.12. The first-order valence-corrected chi connectivity index (χ1v) is 6.69. The van der Waals surface area contributed by atoms with Gasteiger partial charge in [0, 0.05) is 12.6 Å². The van der Waals surface area contributed by atoms with Crippen LogP contribution in [0.5, 0.6) is 0 Å². The van der Waals surface area contributed by atoms with Crippen LogP contribution in [0.2, 0.25) is 0 Å². The van der Waals surface area contributed by atoms with Gasteiger partial charge in [0.1, 0.15) is 0 Å². The first kappa shape index (κ1) is 15.0. The highest BCUT2D eigenvalue weighted by Gasteiger charge is 2.25. The average Bonchev–Trinajstić information content (AvgIpc) is 2.55. The lowest BCUT2D eigenvalue weighted by atomic mass is 10.0. The van der Waals surface area contributed by atoms with Crippen molar-refractivity contribution in [3.05, 3.63) is 0 Å². The van der Waals surface area contributed by atoms with Crippen LogP contribution in [-0.4, -0.2) is 46.2 Å². The van der Waals surface area contributed by atoms with E-state index in [0.717, 1.165) is 25.7 Å². The molecule has 0 aromatic heterocycles. The lowest BCUT2D eigenvalue weighted by Crippen LogP contribution is -2.42. The van der Waals surface area contributed by atoms with Crippen LogP contribution in [0.15, 0.2) is 0 Å². The van der Waals surface area contributed by atoms with Crippen LogP contribution in [0.3, 0.4) is 0 Å². The van der Waals surface area contributed by atoms with Crippen molar-refractivity contribution in [2.45, 2.75) is 51.5 Å². The Bertz CT molecular complexity index is 285.